The topological polar surface area (TPSA) is 15.3 Å². The molecule has 1 aliphatic carbocycles. The molecule has 1 unspecified atom stereocenters. The Morgan fingerprint density at radius 1 is 1.33 bits per heavy atom. The van der Waals surface area contributed by atoms with Crippen LogP contribution < -0.4 is 5.32 Å². The molecule has 18 heavy (non-hydrogen) atoms. The molecule has 0 amide bonds. The van der Waals surface area contributed by atoms with Crippen LogP contribution in [-0.2, 0) is 0 Å². The first kappa shape index (κ1) is 12.6. The summed E-state index contributed by atoms with van der Waals surface area (Å²) in [4.78, 5) is 2.78. The van der Waals surface area contributed by atoms with Gasteiger partial charge in [-0.1, -0.05) is 0 Å². The molecule has 1 aliphatic heterocycles. The molecule has 1 aromatic rings. The van der Waals surface area contributed by atoms with E-state index in [1.807, 2.05) is 11.3 Å². The quantitative estimate of drug-likeness (QED) is 0.878. The minimum Gasteiger partial charge on any atom is -0.317 e. The second-order valence-corrected chi connectivity index (χ2v) is 6.63. The third-order valence-electron chi connectivity index (χ3n) is 4.47. The van der Waals surface area contributed by atoms with E-state index < -0.39 is 0 Å². The van der Waals surface area contributed by atoms with Gasteiger partial charge in [0.25, 0.3) is 0 Å². The van der Waals surface area contributed by atoms with Crippen LogP contribution in [0, 0.1) is 5.92 Å². The summed E-state index contributed by atoms with van der Waals surface area (Å²) in [5, 5.41) is 8.00. The van der Waals surface area contributed by atoms with Crippen molar-refractivity contribution in [2.45, 2.75) is 44.7 Å². The van der Waals surface area contributed by atoms with Crippen molar-refractivity contribution in [3.05, 3.63) is 22.4 Å². The Labute approximate surface area is 114 Å². The van der Waals surface area contributed by atoms with Crippen LogP contribution >= 0.6 is 11.3 Å². The molecule has 1 N–H and O–H groups in total. The van der Waals surface area contributed by atoms with Gasteiger partial charge in [-0.3, -0.25) is 4.90 Å². The minimum atomic E-state index is 0.610. The molecule has 2 fully saturated rings. The van der Waals surface area contributed by atoms with E-state index in [-0.39, 0.29) is 0 Å². The fourth-order valence-corrected chi connectivity index (χ4v) is 3.84. The van der Waals surface area contributed by atoms with Crippen molar-refractivity contribution < 1.29 is 0 Å². The smallest absolute Gasteiger partial charge is 0.0331 e. The van der Waals surface area contributed by atoms with Gasteiger partial charge in [0.1, 0.15) is 0 Å². The van der Waals surface area contributed by atoms with Gasteiger partial charge in [-0.15, -0.1) is 0 Å². The van der Waals surface area contributed by atoms with E-state index in [9.17, 15) is 0 Å². The molecule has 0 radical (unpaired) electrons. The van der Waals surface area contributed by atoms with E-state index in [1.54, 1.807) is 0 Å². The van der Waals surface area contributed by atoms with Crippen molar-refractivity contribution in [3.63, 3.8) is 0 Å². The molecule has 100 valence electrons. The molecular weight excluding hydrogens is 240 g/mol. The van der Waals surface area contributed by atoms with Gasteiger partial charge in [0.05, 0.1) is 0 Å². The molecule has 0 aromatic carbocycles. The number of thiophene rings is 1. The molecule has 0 bridgehead atoms. The van der Waals surface area contributed by atoms with Gasteiger partial charge in [-0.25, -0.2) is 0 Å². The Hall–Kier alpha value is -0.380. The monoisotopic (exact) mass is 264 g/mol. The van der Waals surface area contributed by atoms with Crippen LogP contribution in [0.15, 0.2) is 16.8 Å². The van der Waals surface area contributed by atoms with Gasteiger partial charge < -0.3 is 5.32 Å². The third kappa shape index (κ3) is 2.95. The SMILES string of the molecule is CC(c1ccsc1)N(CC1CCNCC1)C1CC1. The van der Waals surface area contributed by atoms with Gasteiger partial charge in [-0.2, -0.15) is 11.3 Å². The second-order valence-electron chi connectivity index (χ2n) is 5.85. The Morgan fingerprint density at radius 2 is 2.11 bits per heavy atom. The maximum atomic E-state index is 3.47. The first-order valence-corrected chi connectivity index (χ1v) is 8.27. The normalized spacial score (nSPS) is 23.4. The molecule has 0 spiro atoms. The van der Waals surface area contributed by atoms with Crippen molar-refractivity contribution in [1.29, 1.82) is 0 Å². The zero-order chi connectivity index (χ0) is 12.4. The van der Waals surface area contributed by atoms with Gasteiger partial charge >= 0.3 is 0 Å². The van der Waals surface area contributed by atoms with Crippen molar-refractivity contribution in [1.82, 2.24) is 10.2 Å². The molecule has 2 nitrogen and oxygen atoms in total. The zero-order valence-corrected chi connectivity index (χ0v) is 12.1. The van der Waals surface area contributed by atoms with E-state index in [2.05, 4.69) is 34.0 Å². The highest BCUT2D eigenvalue weighted by molar-refractivity contribution is 7.07. The van der Waals surface area contributed by atoms with Crippen LogP contribution in [0.2, 0.25) is 0 Å². The lowest BCUT2D eigenvalue weighted by molar-refractivity contribution is 0.152. The highest BCUT2D eigenvalue weighted by Crippen LogP contribution is 2.36. The van der Waals surface area contributed by atoms with Crippen molar-refractivity contribution in [2.24, 2.45) is 5.92 Å². The molecule has 3 heteroatoms. The summed E-state index contributed by atoms with van der Waals surface area (Å²) in [6, 6.07) is 3.78. The molecule has 1 saturated carbocycles. The Kier molecular flexibility index (Phi) is 4.02. The maximum absolute atomic E-state index is 3.47. The number of rotatable bonds is 5. The maximum Gasteiger partial charge on any atom is 0.0331 e. The van der Waals surface area contributed by atoms with Gasteiger partial charge in [0.2, 0.25) is 0 Å². The average molecular weight is 264 g/mol. The molecule has 3 rings (SSSR count). The van der Waals surface area contributed by atoms with E-state index in [0.29, 0.717) is 6.04 Å². The first-order chi connectivity index (χ1) is 8.84. The van der Waals surface area contributed by atoms with Crippen molar-refractivity contribution in [3.8, 4) is 0 Å². The van der Waals surface area contributed by atoms with Crippen LogP contribution in [0.25, 0.3) is 0 Å². The third-order valence-corrected chi connectivity index (χ3v) is 5.17. The van der Waals surface area contributed by atoms with Gasteiger partial charge in [0.15, 0.2) is 0 Å². The van der Waals surface area contributed by atoms with Crippen LogP contribution in [0.4, 0.5) is 0 Å². The number of nitrogens with one attached hydrogen (secondary N) is 1. The lowest BCUT2D eigenvalue weighted by Crippen LogP contribution is -2.38. The summed E-state index contributed by atoms with van der Waals surface area (Å²) < 4.78 is 0. The predicted octanol–water partition coefficient (Wildman–Crippen LogP) is 3.27. The standard InChI is InChI=1S/C15H24N2S/c1-12(14-6-9-18-11-14)17(15-2-3-15)10-13-4-7-16-8-5-13/h6,9,11-13,15-16H,2-5,7-8,10H2,1H3. The second kappa shape index (κ2) is 5.72. The molecular formula is C15H24N2S. The van der Waals surface area contributed by atoms with Crippen LogP contribution in [0.5, 0.6) is 0 Å². The zero-order valence-electron chi connectivity index (χ0n) is 11.3. The predicted molar refractivity (Wildman–Crippen MR) is 78.1 cm³/mol. The molecule has 1 aromatic heterocycles. The fourth-order valence-electron chi connectivity index (χ4n) is 3.10. The number of nitrogens with zero attached hydrogens (tertiary/aromatic N) is 1. The molecule has 2 aliphatic rings. The largest absolute Gasteiger partial charge is 0.317 e. The molecule has 2 heterocycles. The van der Waals surface area contributed by atoms with Crippen LogP contribution in [-0.4, -0.2) is 30.6 Å². The van der Waals surface area contributed by atoms with E-state index in [1.165, 1.54) is 50.9 Å². The number of hydrogen-bond acceptors (Lipinski definition) is 3. The lowest BCUT2D eigenvalue weighted by Gasteiger charge is -2.34. The Bertz CT molecular complexity index is 353. The Morgan fingerprint density at radius 3 is 2.72 bits per heavy atom. The summed E-state index contributed by atoms with van der Waals surface area (Å²) in [6.45, 7) is 6.14. The summed E-state index contributed by atoms with van der Waals surface area (Å²) in [5.74, 6) is 0.910. The van der Waals surface area contributed by atoms with Crippen molar-refractivity contribution >= 4 is 11.3 Å². The van der Waals surface area contributed by atoms with Gasteiger partial charge in [-0.05, 0) is 74.0 Å². The van der Waals surface area contributed by atoms with Crippen molar-refractivity contribution in [2.75, 3.05) is 19.6 Å². The number of hydrogen-bond donors (Lipinski definition) is 1. The average Bonchev–Trinajstić information content (AvgIpc) is 3.10. The first-order valence-electron chi connectivity index (χ1n) is 7.33. The fraction of sp³-hybridized carbons (Fsp3) is 0.733. The summed E-state index contributed by atoms with van der Waals surface area (Å²) in [6.07, 6.45) is 5.55. The van der Waals surface area contributed by atoms with E-state index >= 15 is 0 Å². The van der Waals surface area contributed by atoms with Crippen LogP contribution in [0.3, 0.4) is 0 Å². The lowest BCUT2D eigenvalue weighted by atomic mass is 9.96. The summed E-state index contributed by atoms with van der Waals surface area (Å²) in [7, 11) is 0. The Balaban J connectivity index is 1.64. The highest BCUT2D eigenvalue weighted by Gasteiger charge is 2.34. The summed E-state index contributed by atoms with van der Waals surface area (Å²) in [5.41, 5.74) is 1.51. The van der Waals surface area contributed by atoms with E-state index in [0.717, 1.165) is 12.0 Å². The minimum absolute atomic E-state index is 0.610. The summed E-state index contributed by atoms with van der Waals surface area (Å²) >= 11 is 1.83. The van der Waals surface area contributed by atoms with E-state index in [4.69, 9.17) is 0 Å². The van der Waals surface area contributed by atoms with Crippen LogP contribution in [0.1, 0.15) is 44.2 Å². The van der Waals surface area contributed by atoms with Gasteiger partial charge in [0, 0.05) is 18.6 Å². The number of piperidine rings is 1. The highest BCUT2D eigenvalue weighted by atomic mass is 32.1. The molecule has 1 saturated heterocycles. The molecule has 1 atom stereocenters.